The molecule has 1 aromatic heterocycles. The number of H-pyrrole nitrogens is 1. The number of nitrogens with one attached hydrogen (secondary N) is 2. The van der Waals surface area contributed by atoms with Gasteiger partial charge in [0.05, 0.1) is 17.1 Å². The van der Waals surface area contributed by atoms with E-state index in [1.54, 1.807) is 22.8 Å². The van der Waals surface area contributed by atoms with Crippen molar-refractivity contribution in [3.63, 3.8) is 0 Å². The highest BCUT2D eigenvalue weighted by atomic mass is 19.4. The Morgan fingerprint density at radius 2 is 1.97 bits per heavy atom. The van der Waals surface area contributed by atoms with Gasteiger partial charge in [0.15, 0.2) is 5.62 Å². The zero-order valence-corrected chi connectivity index (χ0v) is 19.2. The SMILES string of the molecule is C[C@H](N(Cc1ccc2c(c1)[nH]c(=N)n2CC1CCCN1C(=O)C(F)(F)F)C(=O)O)C(C)(C)C. The summed E-state index contributed by atoms with van der Waals surface area (Å²) in [5, 5.41) is 18.0. The summed E-state index contributed by atoms with van der Waals surface area (Å²) in [6.07, 6.45) is -5.05. The van der Waals surface area contributed by atoms with E-state index in [9.17, 15) is 27.9 Å². The van der Waals surface area contributed by atoms with E-state index in [1.165, 1.54) is 4.90 Å². The summed E-state index contributed by atoms with van der Waals surface area (Å²) in [6.45, 7) is 8.02. The first-order valence-electron chi connectivity index (χ1n) is 10.8. The van der Waals surface area contributed by atoms with E-state index < -0.39 is 24.2 Å². The maximum Gasteiger partial charge on any atom is 0.471 e. The molecule has 1 unspecified atom stereocenters. The summed E-state index contributed by atoms with van der Waals surface area (Å²) < 4.78 is 40.4. The molecule has 1 aliphatic rings. The maximum atomic E-state index is 12.9. The number of carboxylic acid groups (broad SMARTS) is 1. The molecule has 2 aromatic rings. The first-order valence-corrected chi connectivity index (χ1v) is 10.8. The number of halogens is 3. The van der Waals surface area contributed by atoms with Crippen LogP contribution in [0.3, 0.4) is 0 Å². The second-order valence-corrected chi connectivity index (χ2v) is 9.68. The van der Waals surface area contributed by atoms with Gasteiger partial charge < -0.3 is 24.5 Å². The first-order chi connectivity index (χ1) is 15.2. The molecular formula is C22H30F3N5O3. The van der Waals surface area contributed by atoms with Crippen molar-refractivity contribution in [2.75, 3.05) is 6.54 Å². The molecule has 2 amide bonds. The molecule has 0 aliphatic carbocycles. The van der Waals surface area contributed by atoms with Crippen LogP contribution in [0.25, 0.3) is 11.0 Å². The summed E-state index contributed by atoms with van der Waals surface area (Å²) >= 11 is 0. The standard InChI is InChI=1S/C22H30F3N5O3/c1-13(21(2,3)4)29(20(32)33)11-14-7-8-17-16(10-14)27-19(26)30(17)12-15-6-5-9-28(15)18(31)22(23,24)25/h7-8,10,13,15H,5-6,9,11-12H2,1-4H3,(H2,26,27)(H,32,33)/t13-,15?/m0/s1. The third kappa shape index (κ3) is 5.17. The number of amides is 2. The molecule has 1 fully saturated rings. The van der Waals surface area contributed by atoms with Crippen LogP contribution in [0.5, 0.6) is 0 Å². The lowest BCUT2D eigenvalue weighted by molar-refractivity contribution is -0.186. The highest BCUT2D eigenvalue weighted by molar-refractivity contribution is 5.82. The van der Waals surface area contributed by atoms with Crippen LogP contribution in [-0.2, 0) is 17.9 Å². The van der Waals surface area contributed by atoms with Gasteiger partial charge >= 0.3 is 18.2 Å². The molecule has 2 atom stereocenters. The van der Waals surface area contributed by atoms with Gasteiger partial charge in [-0.1, -0.05) is 26.8 Å². The van der Waals surface area contributed by atoms with Gasteiger partial charge in [-0.3, -0.25) is 10.2 Å². The van der Waals surface area contributed by atoms with Crippen molar-refractivity contribution in [2.45, 2.75) is 71.9 Å². The number of likely N-dealkylation sites (tertiary alicyclic amines) is 1. The van der Waals surface area contributed by atoms with Crippen LogP contribution in [-0.4, -0.2) is 61.3 Å². The summed E-state index contributed by atoms with van der Waals surface area (Å²) in [4.78, 5) is 28.7. The molecule has 0 saturated carbocycles. The zero-order chi connectivity index (χ0) is 24.7. The third-order valence-electron chi connectivity index (χ3n) is 6.47. The van der Waals surface area contributed by atoms with E-state index in [2.05, 4.69) is 4.98 Å². The Bertz CT molecular complexity index is 1100. The summed E-state index contributed by atoms with van der Waals surface area (Å²) in [5.74, 6) is -1.85. The Labute approximate surface area is 189 Å². The Morgan fingerprint density at radius 3 is 2.55 bits per heavy atom. The highest BCUT2D eigenvalue weighted by Crippen LogP contribution is 2.28. The van der Waals surface area contributed by atoms with Crippen molar-refractivity contribution in [1.29, 1.82) is 5.41 Å². The Kier molecular flexibility index (Phi) is 6.54. The van der Waals surface area contributed by atoms with E-state index in [4.69, 9.17) is 5.41 Å². The Morgan fingerprint density at radius 1 is 1.30 bits per heavy atom. The molecule has 11 heteroatoms. The van der Waals surface area contributed by atoms with Crippen LogP contribution in [0, 0.1) is 10.8 Å². The number of aromatic nitrogens is 2. The average Bonchev–Trinajstić information content (AvgIpc) is 3.27. The molecule has 3 rings (SSSR count). The molecule has 8 nitrogen and oxygen atoms in total. The summed E-state index contributed by atoms with van der Waals surface area (Å²) in [6, 6.07) is 4.34. The van der Waals surface area contributed by atoms with Crippen LogP contribution in [0.15, 0.2) is 18.2 Å². The summed E-state index contributed by atoms with van der Waals surface area (Å²) in [5.41, 5.74) is 1.67. The van der Waals surface area contributed by atoms with Crippen LogP contribution in [0.4, 0.5) is 18.0 Å². The number of carbonyl (C=O) groups is 2. The third-order valence-corrected chi connectivity index (χ3v) is 6.47. The minimum absolute atomic E-state index is 0.00612. The number of fused-ring (bicyclic) bond motifs is 1. The van der Waals surface area contributed by atoms with Crippen molar-refractivity contribution in [3.8, 4) is 0 Å². The van der Waals surface area contributed by atoms with Crippen LogP contribution < -0.4 is 5.62 Å². The quantitative estimate of drug-likeness (QED) is 0.618. The fraction of sp³-hybridized carbons (Fsp3) is 0.591. The minimum atomic E-state index is -4.92. The molecule has 1 aliphatic heterocycles. The number of alkyl halides is 3. The number of nitrogens with zero attached hydrogens (tertiary/aromatic N) is 3. The van der Waals surface area contributed by atoms with Gasteiger partial charge in [-0.15, -0.1) is 0 Å². The van der Waals surface area contributed by atoms with E-state index >= 15 is 0 Å². The van der Waals surface area contributed by atoms with Crippen molar-refractivity contribution in [3.05, 3.63) is 29.4 Å². The number of hydrogen-bond donors (Lipinski definition) is 3. The smallest absolute Gasteiger partial charge is 0.465 e. The zero-order valence-electron chi connectivity index (χ0n) is 19.2. The van der Waals surface area contributed by atoms with Gasteiger partial charge in [0, 0.05) is 25.7 Å². The van der Waals surface area contributed by atoms with Crippen molar-refractivity contribution < 1.29 is 27.9 Å². The van der Waals surface area contributed by atoms with Crippen LogP contribution in [0.2, 0.25) is 0 Å². The predicted octanol–water partition coefficient (Wildman–Crippen LogP) is 3.92. The molecule has 0 bridgehead atoms. The molecule has 2 heterocycles. The molecular weight excluding hydrogens is 439 g/mol. The molecule has 33 heavy (non-hydrogen) atoms. The number of aromatic amines is 1. The van der Waals surface area contributed by atoms with Gasteiger partial charge in [-0.05, 0) is 42.9 Å². The van der Waals surface area contributed by atoms with Gasteiger partial charge in [0.25, 0.3) is 0 Å². The topological polar surface area (TPSA) is 105 Å². The summed E-state index contributed by atoms with van der Waals surface area (Å²) in [7, 11) is 0. The monoisotopic (exact) mass is 469 g/mol. The van der Waals surface area contributed by atoms with E-state index in [0.717, 1.165) is 10.5 Å². The molecule has 3 N–H and O–H groups in total. The molecule has 182 valence electrons. The van der Waals surface area contributed by atoms with Crippen molar-refractivity contribution in [1.82, 2.24) is 19.4 Å². The van der Waals surface area contributed by atoms with E-state index in [-0.39, 0.29) is 36.7 Å². The number of benzene rings is 1. The lowest BCUT2D eigenvalue weighted by atomic mass is 9.87. The van der Waals surface area contributed by atoms with Gasteiger partial charge in [0.2, 0.25) is 0 Å². The fourth-order valence-electron chi connectivity index (χ4n) is 4.22. The van der Waals surface area contributed by atoms with E-state index in [1.807, 2.05) is 27.7 Å². The number of carbonyl (C=O) groups excluding carboxylic acids is 1. The van der Waals surface area contributed by atoms with Crippen LogP contribution in [0.1, 0.15) is 46.1 Å². The number of hydrogen-bond acceptors (Lipinski definition) is 3. The normalized spacial score (nSPS) is 18.0. The lowest BCUT2D eigenvalue weighted by Crippen LogP contribution is -2.46. The first kappa shape index (κ1) is 24.7. The Hall–Kier alpha value is -2.98. The Balaban J connectivity index is 1.86. The predicted molar refractivity (Wildman–Crippen MR) is 115 cm³/mol. The molecule has 1 aromatic carbocycles. The average molecular weight is 470 g/mol. The molecule has 0 radical (unpaired) electrons. The number of imidazole rings is 1. The fourth-order valence-corrected chi connectivity index (χ4v) is 4.22. The number of rotatable bonds is 5. The maximum absolute atomic E-state index is 12.9. The minimum Gasteiger partial charge on any atom is -0.465 e. The molecule has 0 spiro atoms. The van der Waals surface area contributed by atoms with Crippen LogP contribution >= 0.6 is 0 Å². The largest absolute Gasteiger partial charge is 0.471 e. The van der Waals surface area contributed by atoms with Gasteiger partial charge in [-0.25, -0.2) is 4.79 Å². The highest BCUT2D eigenvalue weighted by Gasteiger charge is 2.46. The van der Waals surface area contributed by atoms with Crippen molar-refractivity contribution >= 4 is 23.0 Å². The van der Waals surface area contributed by atoms with E-state index in [0.29, 0.717) is 23.9 Å². The molecule has 1 saturated heterocycles. The second-order valence-electron chi connectivity index (χ2n) is 9.68. The lowest BCUT2D eigenvalue weighted by Gasteiger charge is -2.36. The van der Waals surface area contributed by atoms with Gasteiger partial charge in [0.1, 0.15) is 0 Å². The second kappa shape index (κ2) is 8.75. The van der Waals surface area contributed by atoms with Crippen molar-refractivity contribution in [2.24, 2.45) is 5.41 Å². The van der Waals surface area contributed by atoms with Gasteiger partial charge in [-0.2, -0.15) is 13.2 Å².